The Balaban J connectivity index is 1.26. The first-order chi connectivity index (χ1) is 12.7. The summed E-state index contributed by atoms with van der Waals surface area (Å²) in [4.78, 5) is 21.8. The van der Waals surface area contributed by atoms with Gasteiger partial charge in [0.15, 0.2) is 4.96 Å². The van der Waals surface area contributed by atoms with Crippen molar-refractivity contribution in [3.05, 3.63) is 58.4 Å². The molecule has 0 atom stereocenters. The number of rotatable bonds is 7. The zero-order valence-corrected chi connectivity index (χ0v) is 16.1. The van der Waals surface area contributed by atoms with Gasteiger partial charge in [-0.2, -0.15) is 0 Å². The first kappa shape index (κ1) is 17.2. The minimum absolute atomic E-state index is 0.0114. The van der Waals surface area contributed by atoms with E-state index in [-0.39, 0.29) is 5.91 Å². The van der Waals surface area contributed by atoms with Crippen molar-refractivity contribution in [3.63, 3.8) is 0 Å². The third-order valence-electron chi connectivity index (χ3n) is 4.26. The number of fused-ring (bicyclic) bond motifs is 3. The molecule has 7 heteroatoms. The molecule has 1 N–H and O–H groups in total. The van der Waals surface area contributed by atoms with E-state index < -0.39 is 0 Å². The molecule has 4 aromatic rings. The number of carbonyl (C=O) groups excluding carboxylic acids is 1. The normalized spacial score (nSPS) is 11.6. The molecule has 3 aromatic heterocycles. The maximum absolute atomic E-state index is 12.4. The SMILES string of the molecule is CN(CCCNC(=O)c1cc2c(nc3sccn32)s1)Cc1ccccc1. The van der Waals surface area contributed by atoms with Gasteiger partial charge in [-0.3, -0.25) is 9.20 Å². The smallest absolute Gasteiger partial charge is 0.261 e. The van der Waals surface area contributed by atoms with Gasteiger partial charge in [-0.25, -0.2) is 4.98 Å². The molecular weight excluding hydrogens is 364 g/mol. The number of benzene rings is 1. The second-order valence-corrected chi connectivity index (χ2v) is 8.20. The Morgan fingerprint density at radius 2 is 2.15 bits per heavy atom. The molecule has 4 rings (SSSR count). The number of carbonyl (C=O) groups is 1. The minimum Gasteiger partial charge on any atom is -0.351 e. The summed E-state index contributed by atoms with van der Waals surface area (Å²) in [7, 11) is 2.11. The van der Waals surface area contributed by atoms with Crippen molar-refractivity contribution >= 4 is 43.9 Å². The lowest BCUT2D eigenvalue weighted by Gasteiger charge is -2.16. The summed E-state index contributed by atoms with van der Waals surface area (Å²) >= 11 is 3.06. The monoisotopic (exact) mass is 384 g/mol. The van der Waals surface area contributed by atoms with E-state index in [2.05, 4.69) is 46.5 Å². The minimum atomic E-state index is -0.0114. The number of hydrogen-bond acceptors (Lipinski definition) is 5. The Morgan fingerprint density at radius 3 is 3.00 bits per heavy atom. The van der Waals surface area contributed by atoms with Crippen LogP contribution in [0.1, 0.15) is 21.7 Å². The highest BCUT2D eigenvalue weighted by atomic mass is 32.1. The number of amides is 1. The van der Waals surface area contributed by atoms with Gasteiger partial charge in [-0.1, -0.05) is 30.3 Å². The Hall–Kier alpha value is -2.22. The van der Waals surface area contributed by atoms with Crippen LogP contribution in [0.25, 0.3) is 15.3 Å². The fourth-order valence-corrected chi connectivity index (χ4v) is 4.69. The largest absolute Gasteiger partial charge is 0.351 e. The number of aromatic nitrogens is 2. The lowest BCUT2D eigenvalue weighted by atomic mass is 10.2. The summed E-state index contributed by atoms with van der Waals surface area (Å²) in [5.74, 6) is -0.0114. The fourth-order valence-electron chi connectivity index (χ4n) is 2.97. The fraction of sp³-hybridized carbons (Fsp3) is 0.263. The summed E-state index contributed by atoms with van der Waals surface area (Å²) in [5.41, 5.74) is 2.32. The van der Waals surface area contributed by atoms with Gasteiger partial charge in [0.2, 0.25) is 0 Å². The van der Waals surface area contributed by atoms with Crippen molar-refractivity contribution in [1.82, 2.24) is 19.6 Å². The van der Waals surface area contributed by atoms with Gasteiger partial charge in [0.1, 0.15) is 4.83 Å². The molecular formula is C19H20N4OS2. The van der Waals surface area contributed by atoms with Crippen LogP contribution < -0.4 is 5.32 Å². The number of thiazole rings is 1. The second-order valence-electron chi connectivity index (χ2n) is 6.30. The van der Waals surface area contributed by atoms with E-state index in [0.29, 0.717) is 6.54 Å². The Labute approximate surface area is 159 Å². The second kappa shape index (κ2) is 7.57. The van der Waals surface area contributed by atoms with Crippen LogP contribution in [0, 0.1) is 0 Å². The average molecular weight is 385 g/mol. The predicted octanol–water partition coefficient (Wildman–Crippen LogP) is 3.86. The van der Waals surface area contributed by atoms with E-state index in [0.717, 1.165) is 39.7 Å². The van der Waals surface area contributed by atoms with Crippen molar-refractivity contribution in [2.45, 2.75) is 13.0 Å². The summed E-state index contributed by atoms with van der Waals surface area (Å²) in [5, 5.41) is 5.03. The zero-order valence-electron chi connectivity index (χ0n) is 14.5. The first-order valence-electron chi connectivity index (χ1n) is 8.56. The van der Waals surface area contributed by atoms with Gasteiger partial charge in [0, 0.05) is 24.7 Å². The summed E-state index contributed by atoms with van der Waals surface area (Å²) < 4.78 is 2.03. The highest BCUT2D eigenvalue weighted by Crippen LogP contribution is 2.28. The van der Waals surface area contributed by atoms with Crippen molar-refractivity contribution < 1.29 is 4.79 Å². The number of nitrogens with one attached hydrogen (secondary N) is 1. The van der Waals surface area contributed by atoms with Crippen LogP contribution in [-0.2, 0) is 6.54 Å². The van der Waals surface area contributed by atoms with Crippen molar-refractivity contribution in [2.24, 2.45) is 0 Å². The number of imidazole rings is 1. The van der Waals surface area contributed by atoms with Gasteiger partial charge < -0.3 is 10.2 Å². The molecule has 0 spiro atoms. The highest BCUT2D eigenvalue weighted by molar-refractivity contribution is 7.21. The topological polar surface area (TPSA) is 49.6 Å². The summed E-state index contributed by atoms with van der Waals surface area (Å²) in [6.07, 6.45) is 2.92. The van der Waals surface area contributed by atoms with Gasteiger partial charge in [-0.15, -0.1) is 22.7 Å². The van der Waals surface area contributed by atoms with E-state index in [1.54, 1.807) is 11.3 Å². The molecule has 0 aliphatic carbocycles. The number of thiophene rings is 1. The predicted molar refractivity (Wildman–Crippen MR) is 108 cm³/mol. The molecule has 0 aliphatic rings. The lowest BCUT2D eigenvalue weighted by molar-refractivity contribution is 0.0956. The van der Waals surface area contributed by atoms with E-state index in [9.17, 15) is 4.79 Å². The lowest BCUT2D eigenvalue weighted by Crippen LogP contribution is -2.27. The maximum atomic E-state index is 12.4. The molecule has 3 heterocycles. The molecule has 0 radical (unpaired) electrons. The van der Waals surface area contributed by atoms with Crippen molar-refractivity contribution in [1.29, 1.82) is 0 Å². The Kier molecular flexibility index (Phi) is 5.01. The molecule has 134 valence electrons. The molecule has 0 saturated carbocycles. The van der Waals surface area contributed by atoms with Crippen LogP contribution in [-0.4, -0.2) is 40.3 Å². The van der Waals surface area contributed by atoms with Gasteiger partial charge in [-0.05, 0) is 31.6 Å². The zero-order chi connectivity index (χ0) is 17.9. The van der Waals surface area contributed by atoms with E-state index in [4.69, 9.17) is 0 Å². The van der Waals surface area contributed by atoms with Crippen LogP contribution >= 0.6 is 22.7 Å². The number of nitrogens with zero attached hydrogens (tertiary/aromatic N) is 3. The molecule has 0 unspecified atom stereocenters. The quantitative estimate of drug-likeness (QED) is 0.492. The number of hydrogen-bond donors (Lipinski definition) is 1. The van der Waals surface area contributed by atoms with Gasteiger partial charge in [0.05, 0.1) is 10.4 Å². The summed E-state index contributed by atoms with van der Waals surface area (Å²) in [6, 6.07) is 12.4. The van der Waals surface area contributed by atoms with E-state index >= 15 is 0 Å². The Morgan fingerprint density at radius 1 is 1.31 bits per heavy atom. The van der Waals surface area contributed by atoms with Crippen LogP contribution in [0.5, 0.6) is 0 Å². The van der Waals surface area contributed by atoms with Gasteiger partial charge in [0.25, 0.3) is 5.91 Å². The van der Waals surface area contributed by atoms with Crippen LogP contribution in [0.2, 0.25) is 0 Å². The molecule has 1 aromatic carbocycles. The molecule has 0 bridgehead atoms. The van der Waals surface area contributed by atoms with Crippen LogP contribution in [0.3, 0.4) is 0 Å². The van der Waals surface area contributed by atoms with Crippen LogP contribution in [0.15, 0.2) is 48.0 Å². The third-order valence-corrected chi connectivity index (χ3v) is 6.03. The van der Waals surface area contributed by atoms with Gasteiger partial charge >= 0.3 is 0 Å². The molecule has 5 nitrogen and oxygen atoms in total. The average Bonchev–Trinajstić information content (AvgIpc) is 3.31. The highest BCUT2D eigenvalue weighted by Gasteiger charge is 2.14. The van der Waals surface area contributed by atoms with Crippen molar-refractivity contribution in [3.8, 4) is 0 Å². The standard InChI is InChI=1S/C19H20N4OS2/c1-22(13-14-6-3-2-4-7-14)9-5-8-20-17(24)16-12-15-18(26-16)21-19-23(15)10-11-25-19/h2-4,6-7,10-12H,5,8-9,13H2,1H3,(H,20,24). The molecule has 0 saturated heterocycles. The molecule has 1 amide bonds. The molecule has 0 fully saturated rings. The van der Waals surface area contributed by atoms with E-state index in [1.165, 1.54) is 16.9 Å². The molecule has 26 heavy (non-hydrogen) atoms. The van der Waals surface area contributed by atoms with Crippen LogP contribution in [0.4, 0.5) is 0 Å². The maximum Gasteiger partial charge on any atom is 0.261 e. The summed E-state index contributed by atoms with van der Waals surface area (Å²) in [6.45, 7) is 2.54. The van der Waals surface area contributed by atoms with Crippen molar-refractivity contribution in [2.75, 3.05) is 20.1 Å². The van der Waals surface area contributed by atoms with E-state index in [1.807, 2.05) is 28.1 Å². The first-order valence-corrected chi connectivity index (χ1v) is 10.3. The molecule has 0 aliphatic heterocycles. The third kappa shape index (κ3) is 3.65. The Bertz CT molecular complexity index is 1020.